The predicted molar refractivity (Wildman–Crippen MR) is 127 cm³/mol. The molecule has 1 heterocycles. The molecule has 1 saturated heterocycles. The van der Waals surface area contributed by atoms with Gasteiger partial charge in [0.25, 0.3) is 5.91 Å². The molecule has 2 aromatic rings. The number of hydrogen-bond acceptors (Lipinski definition) is 3. The van der Waals surface area contributed by atoms with Gasteiger partial charge in [0.05, 0.1) is 12.0 Å². The van der Waals surface area contributed by atoms with Crippen LogP contribution in [0.5, 0.6) is 5.75 Å². The second kappa shape index (κ2) is 9.98. The molecule has 4 rings (SSSR count). The predicted octanol–water partition coefficient (Wildman–Crippen LogP) is 5.88. The Hall–Kier alpha value is -2.54. The Morgan fingerprint density at radius 2 is 1.56 bits per heavy atom. The van der Waals surface area contributed by atoms with E-state index in [-0.39, 0.29) is 25.3 Å². The molecule has 34 heavy (non-hydrogen) atoms. The van der Waals surface area contributed by atoms with E-state index in [4.69, 9.17) is 4.74 Å². The Labute approximate surface area is 199 Å². The van der Waals surface area contributed by atoms with E-state index in [1.54, 1.807) is 19.0 Å². The monoisotopic (exact) mass is 474 g/mol. The fourth-order valence-corrected chi connectivity index (χ4v) is 4.90. The molecule has 4 nitrogen and oxygen atoms in total. The average molecular weight is 475 g/mol. The van der Waals surface area contributed by atoms with Gasteiger partial charge >= 0.3 is 6.18 Å². The Morgan fingerprint density at radius 1 is 1.00 bits per heavy atom. The Balaban J connectivity index is 1.24. The van der Waals surface area contributed by atoms with Crippen LogP contribution in [0.25, 0.3) is 11.1 Å². The van der Waals surface area contributed by atoms with Crippen LogP contribution >= 0.6 is 0 Å². The van der Waals surface area contributed by atoms with Crippen molar-refractivity contribution in [2.45, 2.75) is 38.3 Å². The smallest absolute Gasteiger partial charge is 0.395 e. The summed E-state index contributed by atoms with van der Waals surface area (Å²) >= 11 is 0. The molecule has 2 fully saturated rings. The van der Waals surface area contributed by atoms with E-state index in [2.05, 4.69) is 0 Å². The third kappa shape index (κ3) is 5.40. The number of piperidine rings is 1. The third-order valence-electron chi connectivity index (χ3n) is 7.36. The normalized spacial score (nSPS) is 18.9. The molecule has 7 heteroatoms. The van der Waals surface area contributed by atoms with Crippen molar-refractivity contribution in [3.8, 4) is 16.9 Å². The minimum atomic E-state index is -4.09. The van der Waals surface area contributed by atoms with Crippen LogP contribution in [0.15, 0.2) is 48.5 Å². The molecule has 0 N–H and O–H groups in total. The standard InChI is InChI=1S/C27H33F3N2O2/c1-31(2)25(33)23-6-4-21(5-7-23)22-8-10-24(11-9-22)34-18-20-12-16-32(17-13-20)19-26(14-3-15-26)27(28,29)30/h4-11,20H,3,12-19H2,1-2H3. The number of rotatable bonds is 7. The van der Waals surface area contributed by atoms with Crippen LogP contribution in [0.3, 0.4) is 0 Å². The van der Waals surface area contributed by atoms with Crippen LogP contribution in [0.4, 0.5) is 13.2 Å². The number of halogens is 3. The maximum atomic E-state index is 13.4. The summed E-state index contributed by atoms with van der Waals surface area (Å²) in [5.41, 5.74) is 1.25. The van der Waals surface area contributed by atoms with Gasteiger partial charge in [0.2, 0.25) is 0 Å². The number of alkyl halides is 3. The topological polar surface area (TPSA) is 32.8 Å². The minimum absolute atomic E-state index is 0.0240. The Kier molecular flexibility index (Phi) is 7.22. The Bertz CT molecular complexity index is 959. The van der Waals surface area contributed by atoms with E-state index in [1.807, 2.05) is 53.4 Å². The fraction of sp³-hybridized carbons (Fsp3) is 0.519. The maximum Gasteiger partial charge on any atom is 0.395 e. The van der Waals surface area contributed by atoms with Gasteiger partial charge in [0.15, 0.2) is 0 Å². The Morgan fingerprint density at radius 3 is 2.03 bits per heavy atom. The maximum absolute atomic E-state index is 13.4. The summed E-state index contributed by atoms with van der Waals surface area (Å²) in [7, 11) is 3.47. The van der Waals surface area contributed by atoms with Gasteiger partial charge < -0.3 is 14.5 Å². The van der Waals surface area contributed by atoms with Crippen LogP contribution < -0.4 is 4.74 Å². The highest BCUT2D eigenvalue weighted by Gasteiger charge is 2.58. The fourth-order valence-electron chi connectivity index (χ4n) is 4.90. The van der Waals surface area contributed by atoms with Gasteiger partial charge in [-0.25, -0.2) is 0 Å². The van der Waals surface area contributed by atoms with Crippen molar-refractivity contribution in [2.24, 2.45) is 11.3 Å². The molecule has 1 amide bonds. The molecule has 2 aromatic carbocycles. The molecular weight excluding hydrogens is 441 g/mol. The number of benzene rings is 2. The van der Waals surface area contributed by atoms with Gasteiger partial charge in [-0.1, -0.05) is 30.7 Å². The highest BCUT2D eigenvalue weighted by atomic mass is 19.4. The molecule has 0 bridgehead atoms. The first-order valence-corrected chi connectivity index (χ1v) is 12.0. The summed E-state index contributed by atoms with van der Waals surface area (Å²) in [6.07, 6.45) is -1.14. The van der Waals surface area contributed by atoms with Gasteiger partial charge in [-0.3, -0.25) is 4.79 Å². The van der Waals surface area contributed by atoms with Crippen LogP contribution in [-0.2, 0) is 0 Å². The molecule has 184 valence electrons. The van der Waals surface area contributed by atoms with Gasteiger partial charge in [0, 0.05) is 26.2 Å². The van der Waals surface area contributed by atoms with E-state index < -0.39 is 11.6 Å². The second-order valence-corrected chi connectivity index (χ2v) is 9.96. The van der Waals surface area contributed by atoms with Gasteiger partial charge in [0.1, 0.15) is 5.75 Å². The van der Waals surface area contributed by atoms with Crippen LogP contribution in [0, 0.1) is 11.3 Å². The van der Waals surface area contributed by atoms with Crippen LogP contribution in [-0.4, -0.2) is 62.2 Å². The van der Waals surface area contributed by atoms with Crippen LogP contribution in [0.1, 0.15) is 42.5 Å². The zero-order chi connectivity index (χ0) is 24.3. The molecule has 0 spiro atoms. The number of carbonyl (C=O) groups is 1. The molecule has 2 aliphatic rings. The van der Waals surface area contributed by atoms with Crippen molar-refractivity contribution in [2.75, 3.05) is 40.3 Å². The summed E-state index contributed by atoms with van der Waals surface area (Å²) in [5.74, 6) is 1.13. The molecule has 0 aromatic heterocycles. The van der Waals surface area contributed by atoms with Gasteiger partial charge in [-0.15, -0.1) is 0 Å². The highest BCUT2D eigenvalue weighted by molar-refractivity contribution is 5.94. The molecular formula is C27H33F3N2O2. The van der Waals surface area contributed by atoms with Crippen molar-refractivity contribution < 1.29 is 22.7 Å². The quantitative estimate of drug-likeness (QED) is 0.503. The van der Waals surface area contributed by atoms with Gasteiger partial charge in [-0.05, 0) is 80.1 Å². The van der Waals surface area contributed by atoms with Crippen molar-refractivity contribution in [3.63, 3.8) is 0 Å². The zero-order valence-electron chi connectivity index (χ0n) is 19.9. The first kappa shape index (κ1) is 24.6. The summed E-state index contributed by atoms with van der Waals surface area (Å²) in [4.78, 5) is 15.6. The molecule has 0 unspecified atom stereocenters. The highest BCUT2D eigenvalue weighted by Crippen LogP contribution is 2.53. The largest absolute Gasteiger partial charge is 0.493 e. The second-order valence-electron chi connectivity index (χ2n) is 9.96. The first-order chi connectivity index (χ1) is 16.2. The molecule has 1 saturated carbocycles. The number of carbonyl (C=O) groups excluding carboxylic acids is 1. The lowest BCUT2D eigenvalue weighted by Gasteiger charge is -2.47. The van der Waals surface area contributed by atoms with E-state index in [9.17, 15) is 18.0 Å². The van der Waals surface area contributed by atoms with Crippen molar-refractivity contribution in [1.82, 2.24) is 9.80 Å². The summed E-state index contributed by atoms with van der Waals surface area (Å²) in [6.45, 7) is 2.14. The van der Waals surface area contributed by atoms with Crippen molar-refractivity contribution in [1.29, 1.82) is 0 Å². The SMILES string of the molecule is CN(C)C(=O)c1ccc(-c2ccc(OCC3CCN(CC4(C(F)(F)F)CCC4)CC3)cc2)cc1. The number of ether oxygens (including phenoxy) is 1. The number of hydrogen-bond donors (Lipinski definition) is 0. The average Bonchev–Trinajstić information content (AvgIpc) is 2.80. The lowest BCUT2D eigenvalue weighted by Crippen LogP contribution is -2.53. The molecule has 1 aliphatic heterocycles. The number of likely N-dealkylation sites (tertiary alicyclic amines) is 1. The molecule has 1 aliphatic carbocycles. The van der Waals surface area contributed by atoms with E-state index >= 15 is 0 Å². The summed E-state index contributed by atoms with van der Waals surface area (Å²) in [5, 5.41) is 0. The van der Waals surface area contributed by atoms with Crippen molar-refractivity contribution in [3.05, 3.63) is 54.1 Å². The van der Waals surface area contributed by atoms with E-state index in [1.165, 1.54) is 0 Å². The summed E-state index contributed by atoms with van der Waals surface area (Å²) < 4.78 is 46.3. The van der Waals surface area contributed by atoms with Crippen LogP contribution in [0.2, 0.25) is 0 Å². The molecule has 0 radical (unpaired) electrons. The van der Waals surface area contributed by atoms with Crippen molar-refractivity contribution >= 4 is 5.91 Å². The van der Waals surface area contributed by atoms with E-state index in [0.717, 1.165) is 29.7 Å². The lowest BCUT2D eigenvalue weighted by molar-refractivity contribution is -0.256. The van der Waals surface area contributed by atoms with Gasteiger partial charge in [-0.2, -0.15) is 13.2 Å². The van der Waals surface area contributed by atoms with E-state index in [0.29, 0.717) is 37.6 Å². The lowest BCUT2D eigenvalue weighted by atomic mass is 9.67. The molecule has 0 atom stereocenters. The zero-order valence-corrected chi connectivity index (χ0v) is 19.9. The first-order valence-electron chi connectivity index (χ1n) is 12.0. The number of amides is 1. The third-order valence-corrected chi connectivity index (χ3v) is 7.36. The number of nitrogens with zero attached hydrogens (tertiary/aromatic N) is 2. The minimum Gasteiger partial charge on any atom is -0.493 e. The summed E-state index contributed by atoms with van der Waals surface area (Å²) in [6, 6.07) is 15.4.